The fourth-order valence-electron chi connectivity index (χ4n) is 0.754. The Hall–Kier alpha value is -0.213. The fraction of sp³-hybridized carbons (Fsp3) is 0.429. The van der Waals surface area contributed by atoms with Gasteiger partial charge in [-0.2, -0.15) is 11.1 Å². The van der Waals surface area contributed by atoms with Gasteiger partial charge in [0.25, 0.3) is 0 Å². The highest BCUT2D eigenvalue weighted by Crippen LogP contribution is 2.09. The second-order valence-electron chi connectivity index (χ2n) is 2.88. The summed E-state index contributed by atoms with van der Waals surface area (Å²) in [6.07, 6.45) is 0. The molecule has 0 atom stereocenters. The van der Waals surface area contributed by atoms with Crippen LogP contribution in [-0.4, -0.2) is 7.38 Å². The van der Waals surface area contributed by atoms with E-state index in [0.717, 1.165) is 11.1 Å². The van der Waals surface area contributed by atoms with Gasteiger partial charge in [-0.1, -0.05) is 0 Å². The van der Waals surface area contributed by atoms with Crippen LogP contribution in [0.2, 0.25) is 13.1 Å². The van der Waals surface area contributed by atoms with E-state index in [4.69, 9.17) is 15.5 Å². The lowest BCUT2D eigenvalue weighted by molar-refractivity contribution is 0.563. The van der Waals surface area contributed by atoms with Gasteiger partial charge in [0, 0.05) is 0 Å². The van der Waals surface area contributed by atoms with Crippen LogP contribution in [0, 0.1) is 6.92 Å². The van der Waals surface area contributed by atoms with E-state index < -0.39 is 7.38 Å². The van der Waals surface area contributed by atoms with Crippen molar-refractivity contribution in [3.05, 3.63) is 17.9 Å². The zero-order valence-electron chi connectivity index (χ0n) is 6.44. The lowest BCUT2D eigenvalue weighted by Gasteiger charge is -2.07. The van der Waals surface area contributed by atoms with E-state index in [1.165, 1.54) is 0 Å². The summed E-state index contributed by atoms with van der Waals surface area (Å²) in [5, 5.41) is 0.965. The number of aryl methyl sites for hydroxylation is 1. The third kappa shape index (κ3) is 1.64. The number of rotatable bonds is 1. The summed E-state index contributed by atoms with van der Waals surface area (Å²) in [5.74, 6) is 0.941. The van der Waals surface area contributed by atoms with Gasteiger partial charge in [0.1, 0.15) is 11.1 Å². The normalized spacial score (nSPS) is 12.0. The largest absolute Gasteiger partial charge is 0.470 e. The lowest BCUT2D eigenvalue weighted by atomic mass is 10.5. The lowest BCUT2D eigenvalue weighted by Crippen LogP contribution is -2.33. The first kappa shape index (κ1) is 7.89. The Bertz CT molecular complexity index is 224. The van der Waals surface area contributed by atoms with Crippen molar-refractivity contribution in [1.29, 1.82) is 0 Å². The van der Waals surface area contributed by atoms with Crippen LogP contribution in [0.3, 0.4) is 0 Å². The van der Waals surface area contributed by atoms with Gasteiger partial charge in [-0.25, -0.2) is 0 Å². The summed E-state index contributed by atoms with van der Waals surface area (Å²) in [7, 11) is -1.71. The molecule has 0 N–H and O–H groups in total. The molecule has 0 saturated carbocycles. The second kappa shape index (κ2) is 2.44. The van der Waals surface area contributed by atoms with E-state index >= 15 is 0 Å². The molecule has 1 aromatic heterocycles. The van der Waals surface area contributed by atoms with E-state index in [1.807, 2.05) is 32.2 Å². The molecule has 10 heavy (non-hydrogen) atoms. The maximum absolute atomic E-state index is 6.12. The molecule has 0 bridgehead atoms. The van der Waals surface area contributed by atoms with Crippen molar-refractivity contribution < 1.29 is 4.42 Å². The summed E-state index contributed by atoms with van der Waals surface area (Å²) in [6.45, 7) is 6.03. The average Bonchev–Trinajstić information content (AvgIpc) is 2.11. The van der Waals surface area contributed by atoms with E-state index in [1.54, 1.807) is 0 Å². The first-order chi connectivity index (χ1) is 4.50. The van der Waals surface area contributed by atoms with Crippen LogP contribution in [0.5, 0.6) is 0 Å². The van der Waals surface area contributed by atoms with Gasteiger partial charge in [0.2, 0.25) is 7.38 Å². The van der Waals surface area contributed by atoms with Crippen molar-refractivity contribution in [2.24, 2.45) is 0 Å². The van der Waals surface area contributed by atoms with Crippen LogP contribution >= 0.6 is 11.1 Å². The molecule has 0 aliphatic carbocycles. The first-order valence-corrected chi connectivity index (χ1v) is 7.27. The Morgan fingerprint density at radius 3 is 2.20 bits per heavy atom. The minimum atomic E-state index is -1.71. The molecule has 0 amide bonds. The molecule has 1 rings (SSSR count). The standard InChI is InChI=1S/C7H11ClOSi/c1-6-4-5-7(9-6)10(2,3)8/h4-5H,1-3H3. The second-order valence-corrected chi connectivity index (χ2v) is 9.16. The summed E-state index contributed by atoms with van der Waals surface area (Å²) in [5.41, 5.74) is 0. The van der Waals surface area contributed by atoms with Crippen molar-refractivity contribution in [3.63, 3.8) is 0 Å². The van der Waals surface area contributed by atoms with E-state index in [2.05, 4.69) is 0 Å². The van der Waals surface area contributed by atoms with Crippen LogP contribution in [0.4, 0.5) is 0 Å². The van der Waals surface area contributed by atoms with Crippen molar-refractivity contribution in [1.82, 2.24) is 0 Å². The van der Waals surface area contributed by atoms with Gasteiger partial charge in [-0.15, -0.1) is 0 Å². The molecule has 0 radical (unpaired) electrons. The van der Waals surface area contributed by atoms with Gasteiger partial charge in [-0.3, -0.25) is 0 Å². The highest BCUT2D eigenvalue weighted by molar-refractivity contribution is 7.25. The maximum atomic E-state index is 6.12. The minimum Gasteiger partial charge on any atom is -0.470 e. The van der Waals surface area contributed by atoms with Gasteiger partial charge in [0.15, 0.2) is 0 Å². The van der Waals surface area contributed by atoms with Crippen LogP contribution in [0.15, 0.2) is 16.5 Å². The van der Waals surface area contributed by atoms with Crippen LogP contribution < -0.4 is 5.38 Å². The molecule has 0 spiro atoms. The van der Waals surface area contributed by atoms with E-state index in [0.29, 0.717) is 0 Å². The topological polar surface area (TPSA) is 13.1 Å². The quantitative estimate of drug-likeness (QED) is 0.470. The maximum Gasteiger partial charge on any atom is 0.223 e. The van der Waals surface area contributed by atoms with Gasteiger partial charge in [-0.05, 0) is 32.2 Å². The number of hydrogen-bond acceptors (Lipinski definition) is 1. The molecule has 0 aromatic carbocycles. The monoisotopic (exact) mass is 174 g/mol. The predicted octanol–water partition coefficient (Wildman–Crippen LogP) is 2.24. The van der Waals surface area contributed by atoms with Crippen LogP contribution in [-0.2, 0) is 0 Å². The summed E-state index contributed by atoms with van der Waals surface area (Å²) >= 11 is 6.12. The highest BCUT2D eigenvalue weighted by atomic mass is 35.6. The number of hydrogen-bond donors (Lipinski definition) is 0. The van der Waals surface area contributed by atoms with E-state index in [9.17, 15) is 0 Å². The zero-order valence-corrected chi connectivity index (χ0v) is 8.20. The van der Waals surface area contributed by atoms with Crippen molar-refractivity contribution in [3.8, 4) is 0 Å². The van der Waals surface area contributed by atoms with Crippen LogP contribution in [0.25, 0.3) is 0 Å². The summed E-state index contributed by atoms with van der Waals surface area (Å²) in [6, 6.07) is 3.92. The average molecular weight is 175 g/mol. The predicted molar refractivity (Wildman–Crippen MR) is 46.4 cm³/mol. The van der Waals surface area contributed by atoms with Crippen molar-refractivity contribution in [2.45, 2.75) is 20.0 Å². The van der Waals surface area contributed by atoms with Gasteiger partial charge in [0.05, 0.1) is 0 Å². The fourth-order valence-corrected chi connectivity index (χ4v) is 1.94. The molecule has 0 aliphatic heterocycles. The highest BCUT2D eigenvalue weighted by Gasteiger charge is 2.23. The van der Waals surface area contributed by atoms with Crippen LogP contribution in [0.1, 0.15) is 5.76 Å². The third-order valence-electron chi connectivity index (χ3n) is 1.33. The molecule has 1 nitrogen and oxygen atoms in total. The molecule has 0 aliphatic rings. The molecule has 1 heterocycles. The third-order valence-corrected chi connectivity index (χ3v) is 3.33. The number of halogens is 1. The SMILES string of the molecule is Cc1ccc([Si](C)(C)Cl)o1. The Morgan fingerprint density at radius 2 is 2.00 bits per heavy atom. The minimum absolute atomic E-state index is 0.941. The number of furan rings is 1. The summed E-state index contributed by atoms with van der Waals surface area (Å²) < 4.78 is 5.38. The molecule has 56 valence electrons. The molecule has 3 heteroatoms. The Labute approximate surface area is 66.7 Å². The van der Waals surface area contributed by atoms with Crippen molar-refractivity contribution >= 4 is 23.8 Å². The Balaban J connectivity index is 2.96. The van der Waals surface area contributed by atoms with Gasteiger partial charge >= 0.3 is 0 Å². The Kier molecular flexibility index (Phi) is 1.92. The molecule has 0 unspecified atom stereocenters. The molecule has 0 fully saturated rings. The molecular weight excluding hydrogens is 164 g/mol. The summed E-state index contributed by atoms with van der Waals surface area (Å²) in [4.78, 5) is 0. The van der Waals surface area contributed by atoms with Crippen molar-refractivity contribution in [2.75, 3.05) is 0 Å². The first-order valence-electron chi connectivity index (χ1n) is 3.26. The van der Waals surface area contributed by atoms with Gasteiger partial charge < -0.3 is 4.42 Å². The molecular formula is C7H11ClOSi. The smallest absolute Gasteiger partial charge is 0.223 e. The van der Waals surface area contributed by atoms with E-state index in [-0.39, 0.29) is 0 Å². The molecule has 1 aromatic rings. The Morgan fingerprint density at radius 1 is 1.40 bits per heavy atom. The molecule has 0 saturated heterocycles. The zero-order chi connectivity index (χ0) is 7.78.